The first-order valence-electron chi connectivity index (χ1n) is 3.52. The third-order valence-corrected chi connectivity index (χ3v) is 2.57. The molecule has 4 nitrogen and oxygen atoms in total. The first kappa shape index (κ1) is 6.09. The Morgan fingerprint density at radius 2 is 2.00 bits per heavy atom. The topological polar surface area (TPSA) is 46.4 Å². The van der Waals surface area contributed by atoms with Gasteiger partial charge in [0.2, 0.25) is 6.04 Å². The van der Waals surface area contributed by atoms with E-state index in [4.69, 9.17) is 0 Å². The van der Waals surface area contributed by atoms with Gasteiger partial charge in [0.05, 0.1) is 11.8 Å². The average molecular weight is 142 g/mol. The van der Waals surface area contributed by atoms with E-state index in [1.165, 1.54) is 0 Å². The quantitative estimate of drug-likeness (QED) is 0.377. The van der Waals surface area contributed by atoms with Gasteiger partial charge < -0.3 is 4.90 Å². The summed E-state index contributed by atoms with van der Waals surface area (Å²) in [7, 11) is 2.02. The summed E-state index contributed by atoms with van der Waals surface area (Å²) in [6.45, 7) is 1.85. The molecule has 56 valence electrons. The van der Waals surface area contributed by atoms with Gasteiger partial charge in [0.15, 0.2) is 0 Å². The molecule has 0 spiro atoms. The predicted molar refractivity (Wildman–Crippen MR) is 35.3 cm³/mol. The van der Waals surface area contributed by atoms with Crippen molar-refractivity contribution in [3.05, 3.63) is 10.1 Å². The van der Waals surface area contributed by atoms with E-state index in [-0.39, 0.29) is 11.0 Å². The number of likely N-dealkylation sites (tertiary alicyclic amines) is 1. The lowest BCUT2D eigenvalue weighted by molar-refractivity contribution is -0.502. The Balaban J connectivity index is 1.98. The Kier molecular flexibility index (Phi) is 1.03. The van der Waals surface area contributed by atoms with Crippen LogP contribution in [0.25, 0.3) is 0 Å². The maximum atomic E-state index is 10.3. The second-order valence-corrected chi connectivity index (χ2v) is 3.32. The van der Waals surface area contributed by atoms with Crippen LogP contribution in [-0.4, -0.2) is 36.0 Å². The first-order valence-corrected chi connectivity index (χ1v) is 3.52. The van der Waals surface area contributed by atoms with Crippen molar-refractivity contribution in [2.45, 2.75) is 6.04 Å². The van der Waals surface area contributed by atoms with E-state index >= 15 is 0 Å². The summed E-state index contributed by atoms with van der Waals surface area (Å²) >= 11 is 0. The van der Waals surface area contributed by atoms with E-state index in [1.54, 1.807) is 0 Å². The number of nitrogens with zero attached hydrogens (tertiary/aromatic N) is 2. The van der Waals surface area contributed by atoms with Gasteiger partial charge in [0.1, 0.15) is 0 Å². The molecule has 0 unspecified atom stereocenters. The van der Waals surface area contributed by atoms with E-state index in [1.807, 2.05) is 7.05 Å². The van der Waals surface area contributed by atoms with Crippen LogP contribution in [0.5, 0.6) is 0 Å². The Labute approximate surface area is 59.0 Å². The minimum atomic E-state index is -0.198. The molecule has 0 aromatic carbocycles. The number of rotatable bonds is 1. The summed E-state index contributed by atoms with van der Waals surface area (Å²) in [5, 5.41) is 10.3. The van der Waals surface area contributed by atoms with E-state index in [0.717, 1.165) is 13.1 Å². The molecule has 0 bridgehead atoms. The van der Waals surface area contributed by atoms with Crippen LogP contribution in [0.3, 0.4) is 0 Å². The molecule has 2 aliphatic rings. The maximum Gasteiger partial charge on any atom is 0.222 e. The fourth-order valence-corrected chi connectivity index (χ4v) is 2.02. The fraction of sp³-hybridized carbons (Fsp3) is 1.00. The molecule has 1 heterocycles. The van der Waals surface area contributed by atoms with Crippen LogP contribution in [-0.2, 0) is 0 Å². The number of piperidine rings is 1. The van der Waals surface area contributed by atoms with Crippen molar-refractivity contribution in [2.24, 2.45) is 11.8 Å². The molecule has 2 fully saturated rings. The van der Waals surface area contributed by atoms with Crippen LogP contribution < -0.4 is 0 Å². The minimum Gasteiger partial charge on any atom is -0.305 e. The zero-order valence-electron chi connectivity index (χ0n) is 5.86. The third kappa shape index (κ3) is 0.653. The van der Waals surface area contributed by atoms with Crippen LogP contribution in [0.1, 0.15) is 0 Å². The summed E-state index contributed by atoms with van der Waals surface area (Å²) < 4.78 is 0. The molecule has 2 rings (SSSR count). The Morgan fingerprint density at radius 3 is 2.40 bits per heavy atom. The average Bonchev–Trinajstić information content (AvgIpc) is 2.32. The minimum absolute atomic E-state index is 0.123. The molecule has 1 aliphatic heterocycles. The molecule has 0 aromatic heterocycles. The lowest BCUT2D eigenvalue weighted by atomic mass is 10.4. The van der Waals surface area contributed by atoms with Crippen molar-refractivity contribution in [1.82, 2.24) is 4.90 Å². The van der Waals surface area contributed by atoms with E-state index in [0.29, 0.717) is 11.8 Å². The number of fused-ring (bicyclic) bond motifs is 1. The van der Waals surface area contributed by atoms with Gasteiger partial charge in [-0.25, -0.2) is 0 Å². The molecule has 0 N–H and O–H groups in total. The highest BCUT2D eigenvalue weighted by Crippen LogP contribution is 2.46. The molecule has 4 heteroatoms. The summed E-state index contributed by atoms with van der Waals surface area (Å²) in [6.07, 6.45) is 0. The van der Waals surface area contributed by atoms with Crippen molar-refractivity contribution in [1.29, 1.82) is 0 Å². The molecule has 10 heavy (non-hydrogen) atoms. The highest BCUT2D eigenvalue weighted by atomic mass is 16.6. The lowest BCUT2D eigenvalue weighted by Gasteiger charge is -2.08. The molecule has 0 radical (unpaired) electrons. The van der Waals surface area contributed by atoms with Crippen molar-refractivity contribution >= 4 is 0 Å². The highest BCUT2D eigenvalue weighted by Gasteiger charge is 2.63. The summed E-state index contributed by atoms with van der Waals surface area (Å²) in [6, 6.07) is -0.198. The van der Waals surface area contributed by atoms with Gasteiger partial charge in [-0.1, -0.05) is 0 Å². The predicted octanol–water partition coefficient (Wildman–Crippen LogP) is -0.177. The van der Waals surface area contributed by atoms with Crippen molar-refractivity contribution in [2.75, 3.05) is 20.1 Å². The summed E-state index contributed by atoms with van der Waals surface area (Å²) in [4.78, 5) is 12.3. The SMILES string of the molecule is CN1C[C@@H]2[C@H](C1)[C@@H]2[N+](=O)[O-]. The molecular weight excluding hydrogens is 132 g/mol. The van der Waals surface area contributed by atoms with E-state index in [2.05, 4.69) is 4.90 Å². The van der Waals surface area contributed by atoms with Gasteiger partial charge in [-0.3, -0.25) is 10.1 Å². The maximum absolute atomic E-state index is 10.3. The number of nitro groups is 1. The van der Waals surface area contributed by atoms with Gasteiger partial charge in [0.25, 0.3) is 0 Å². The molecule has 1 aliphatic carbocycles. The Morgan fingerprint density at radius 1 is 1.50 bits per heavy atom. The normalized spacial score (nSPS) is 45.1. The van der Waals surface area contributed by atoms with Crippen LogP contribution >= 0.6 is 0 Å². The zero-order chi connectivity index (χ0) is 7.30. The van der Waals surface area contributed by atoms with Crippen LogP contribution in [0.15, 0.2) is 0 Å². The number of hydrogen-bond donors (Lipinski definition) is 0. The molecule has 1 saturated carbocycles. The molecule has 0 aromatic rings. The number of hydrogen-bond acceptors (Lipinski definition) is 3. The van der Waals surface area contributed by atoms with Gasteiger partial charge in [-0.2, -0.15) is 0 Å². The van der Waals surface area contributed by atoms with Gasteiger partial charge in [-0.15, -0.1) is 0 Å². The standard InChI is InChI=1S/C6H10N2O2/c1-7-2-4-5(3-7)6(4)8(9)10/h4-6H,2-3H2,1H3/t4-,5+,6-. The van der Waals surface area contributed by atoms with Gasteiger partial charge >= 0.3 is 0 Å². The Bertz CT molecular complexity index is 171. The fourth-order valence-electron chi connectivity index (χ4n) is 2.02. The van der Waals surface area contributed by atoms with Crippen LogP contribution in [0.2, 0.25) is 0 Å². The summed E-state index contributed by atoms with van der Waals surface area (Å²) in [5.41, 5.74) is 0. The molecular formula is C6H10N2O2. The second-order valence-electron chi connectivity index (χ2n) is 3.32. The second kappa shape index (κ2) is 1.69. The van der Waals surface area contributed by atoms with Crippen LogP contribution in [0, 0.1) is 22.0 Å². The zero-order valence-corrected chi connectivity index (χ0v) is 5.86. The van der Waals surface area contributed by atoms with E-state index in [9.17, 15) is 10.1 Å². The van der Waals surface area contributed by atoms with Crippen molar-refractivity contribution in [3.8, 4) is 0 Å². The Hall–Kier alpha value is -0.640. The first-order chi connectivity index (χ1) is 4.70. The van der Waals surface area contributed by atoms with Crippen molar-refractivity contribution in [3.63, 3.8) is 0 Å². The lowest BCUT2D eigenvalue weighted by Crippen LogP contribution is -2.23. The largest absolute Gasteiger partial charge is 0.305 e. The molecule has 1 saturated heterocycles. The molecule has 3 atom stereocenters. The summed E-state index contributed by atoms with van der Waals surface area (Å²) in [5.74, 6) is 0.750. The van der Waals surface area contributed by atoms with Gasteiger partial charge in [-0.05, 0) is 7.05 Å². The monoisotopic (exact) mass is 142 g/mol. The van der Waals surface area contributed by atoms with Gasteiger partial charge in [0, 0.05) is 18.0 Å². The third-order valence-electron chi connectivity index (χ3n) is 2.57. The van der Waals surface area contributed by atoms with E-state index < -0.39 is 0 Å². The van der Waals surface area contributed by atoms with Crippen molar-refractivity contribution < 1.29 is 4.92 Å². The smallest absolute Gasteiger partial charge is 0.222 e. The van der Waals surface area contributed by atoms with Crippen LogP contribution in [0.4, 0.5) is 0 Å². The highest BCUT2D eigenvalue weighted by molar-refractivity contribution is 5.05. The molecule has 0 amide bonds.